The first-order valence-electron chi connectivity index (χ1n) is 7.46. The number of rotatable bonds is 7. The molecule has 5 nitrogen and oxygen atoms in total. The Morgan fingerprint density at radius 1 is 1.00 bits per heavy atom. The van der Waals surface area contributed by atoms with Crippen LogP contribution >= 0.6 is 0 Å². The number of benzene rings is 2. The molecule has 23 heavy (non-hydrogen) atoms. The van der Waals surface area contributed by atoms with Crippen LogP contribution in [0.5, 0.6) is 5.75 Å². The normalized spacial score (nSPS) is 11.6. The summed E-state index contributed by atoms with van der Waals surface area (Å²) in [6.45, 7) is 0.844. The molecule has 0 bridgehead atoms. The standard InChI is InChI=1S/C18H22N2O3/c1-22-16-11-7-6-10-15(16)17(23-2)13-20-18(21)19-12-14-8-4-3-5-9-14/h3-11,17H,12-13H2,1-2H3,(H2,19,20,21)/t17-/m1/s1. The molecule has 0 saturated carbocycles. The molecule has 2 amide bonds. The second-order valence-electron chi connectivity index (χ2n) is 5.02. The quantitative estimate of drug-likeness (QED) is 0.826. The number of nitrogens with one attached hydrogen (secondary N) is 2. The number of para-hydroxylation sites is 1. The SMILES string of the molecule is COc1ccccc1[C@@H](CNC(=O)NCc1ccccc1)OC. The molecule has 0 aliphatic carbocycles. The van der Waals surface area contributed by atoms with Crippen molar-refractivity contribution in [3.8, 4) is 5.75 Å². The lowest BCUT2D eigenvalue weighted by atomic mass is 10.1. The maximum atomic E-state index is 11.9. The van der Waals surface area contributed by atoms with Crippen LogP contribution in [0.1, 0.15) is 17.2 Å². The molecule has 1 atom stereocenters. The molecule has 0 aromatic heterocycles. The van der Waals surface area contributed by atoms with Crippen molar-refractivity contribution >= 4 is 6.03 Å². The Labute approximate surface area is 136 Å². The molecule has 2 N–H and O–H groups in total. The van der Waals surface area contributed by atoms with Gasteiger partial charge in [-0.3, -0.25) is 0 Å². The van der Waals surface area contributed by atoms with Gasteiger partial charge in [-0.25, -0.2) is 4.79 Å². The molecule has 5 heteroatoms. The molecule has 0 fully saturated rings. The monoisotopic (exact) mass is 314 g/mol. The highest BCUT2D eigenvalue weighted by Crippen LogP contribution is 2.26. The third-order valence-electron chi connectivity index (χ3n) is 3.51. The molecule has 0 radical (unpaired) electrons. The van der Waals surface area contributed by atoms with Gasteiger partial charge in [0.15, 0.2) is 0 Å². The second-order valence-corrected chi connectivity index (χ2v) is 5.02. The Bertz CT molecular complexity index is 617. The van der Waals surface area contributed by atoms with Crippen LogP contribution in [-0.2, 0) is 11.3 Å². The predicted octanol–water partition coefficient (Wildman–Crippen LogP) is 2.88. The van der Waals surface area contributed by atoms with E-state index in [1.807, 2.05) is 54.6 Å². The molecule has 0 spiro atoms. The Hall–Kier alpha value is -2.53. The van der Waals surface area contributed by atoms with Crippen LogP contribution in [0.2, 0.25) is 0 Å². The lowest BCUT2D eigenvalue weighted by molar-refractivity contribution is 0.101. The van der Waals surface area contributed by atoms with Gasteiger partial charge in [0.1, 0.15) is 11.9 Å². The van der Waals surface area contributed by atoms with Gasteiger partial charge < -0.3 is 20.1 Å². The van der Waals surface area contributed by atoms with Gasteiger partial charge in [0.25, 0.3) is 0 Å². The van der Waals surface area contributed by atoms with E-state index < -0.39 is 0 Å². The topological polar surface area (TPSA) is 59.6 Å². The summed E-state index contributed by atoms with van der Waals surface area (Å²) >= 11 is 0. The fourth-order valence-electron chi connectivity index (χ4n) is 2.28. The number of urea groups is 1. The first-order valence-corrected chi connectivity index (χ1v) is 7.46. The molecular weight excluding hydrogens is 292 g/mol. The number of methoxy groups -OCH3 is 2. The largest absolute Gasteiger partial charge is 0.496 e. The van der Waals surface area contributed by atoms with E-state index in [-0.39, 0.29) is 12.1 Å². The van der Waals surface area contributed by atoms with Crippen molar-refractivity contribution in [1.29, 1.82) is 0 Å². The number of ether oxygens (including phenoxy) is 2. The van der Waals surface area contributed by atoms with Crippen LogP contribution in [0.4, 0.5) is 4.79 Å². The highest BCUT2D eigenvalue weighted by Gasteiger charge is 2.16. The summed E-state index contributed by atoms with van der Waals surface area (Å²) < 4.78 is 10.8. The van der Waals surface area contributed by atoms with Gasteiger partial charge in [0, 0.05) is 25.8 Å². The first kappa shape index (κ1) is 16.8. The van der Waals surface area contributed by atoms with Crippen LogP contribution in [0, 0.1) is 0 Å². The average molecular weight is 314 g/mol. The molecule has 0 aliphatic heterocycles. The van der Waals surface area contributed by atoms with Gasteiger partial charge in [-0.15, -0.1) is 0 Å². The van der Waals surface area contributed by atoms with Crippen molar-refractivity contribution in [1.82, 2.24) is 10.6 Å². The van der Waals surface area contributed by atoms with E-state index in [1.54, 1.807) is 14.2 Å². The molecule has 122 valence electrons. The number of hydrogen-bond donors (Lipinski definition) is 2. The average Bonchev–Trinajstić information content (AvgIpc) is 2.61. The summed E-state index contributed by atoms with van der Waals surface area (Å²) in [7, 11) is 3.23. The summed E-state index contributed by atoms with van der Waals surface area (Å²) in [4.78, 5) is 11.9. The van der Waals surface area contributed by atoms with Gasteiger partial charge in [-0.05, 0) is 11.6 Å². The zero-order chi connectivity index (χ0) is 16.5. The third kappa shape index (κ3) is 5.00. The second kappa shape index (κ2) is 8.80. The Kier molecular flexibility index (Phi) is 6.44. The fraction of sp³-hybridized carbons (Fsp3) is 0.278. The maximum Gasteiger partial charge on any atom is 0.315 e. The minimum atomic E-state index is -0.270. The minimum Gasteiger partial charge on any atom is -0.496 e. The van der Waals surface area contributed by atoms with E-state index in [0.29, 0.717) is 13.1 Å². The van der Waals surface area contributed by atoms with E-state index in [0.717, 1.165) is 16.9 Å². The van der Waals surface area contributed by atoms with E-state index in [4.69, 9.17) is 9.47 Å². The summed E-state index contributed by atoms with van der Waals surface area (Å²) in [6, 6.07) is 17.1. The van der Waals surface area contributed by atoms with Crippen LogP contribution in [-0.4, -0.2) is 26.8 Å². The van der Waals surface area contributed by atoms with E-state index in [9.17, 15) is 4.79 Å². The Balaban J connectivity index is 1.86. The molecule has 2 aromatic rings. The summed E-state index contributed by atoms with van der Waals surface area (Å²) in [6.07, 6.45) is -0.270. The summed E-state index contributed by atoms with van der Waals surface area (Å²) in [5, 5.41) is 5.64. The van der Waals surface area contributed by atoms with Gasteiger partial charge in [0.05, 0.1) is 7.11 Å². The van der Waals surface area contributed by atoms with Crippen molar-refractivity contribution in [3.05, 3.63) is 65.7 Å². The minimum absolute atomic E-state index is 0.231. The van der Waals surface area contributed by atoms with Crippen LogP contribution in [0.3, 0.4) is 0 Å². The first-order chi connectivity index (χ1) is 11.2. The van der Waals surface area contributed by atoms with E-state index in [2.05, 4.69) is 10.6 Å². The van der Waals surface area contributed by atoms with E-state index in [1.165, 1.54) is 0 Å². The third-order valence-corrected chi connectivity index (χ3v) is 3.51. The Morgan fingerprint density at radius 2 is 1.70 bits per heavy atom. The van der Waals surface area contributed by atoms with Gasteiger partial charge >= 0.3 is 6.03 Å². The van der Waals surface area contributed by atoms with Crippen molar-refractivity contribution in [2.24, 2.45) is 0 Å². The number of carbonyl (C=O) groups is 1. The maximum absolute atomic E-state index is 11.9. The summed E-state index contributed by atoms with van der Waals surface area (Å²) in [5.74, 6) is 0.742. The molecule has 0 unspecified atom stereocenters. The van der Waals surface area contributed by atoms with Crippen LogP contribution in [0.25, 0.3) is 0 Å². The Morgan fingerprint density at radius 3 is 2.39 bits per heavy atom. The highest BCUT2D eigenvalue weighted by molar-refractivity contribution is 5.73. The molecular formula is C18H22N2O3. The predicted molar refractivity (Wildman–Crippen MR) is 89.4 cm³/mol. The van der Waals surface area contributed by atoms with Gasteiger partial charge in [-0.2, -0.15) is 0 Å². The molecule has 2 rings (SSSR count). The van der Waals surface area contributed by atoms with Crippen molar-refractivity contribution in [2.45, 2.75) is 12.6 Å². The van der Waals surface area contributed by atoms with E-state index >= 15 is 0 Å². The van der Waals surface area contributed by atoms with Crippen molar-refractivity contribution in [3.63, 3.8) is 0 Å². The number of carbonyl (C=O) groups excluding carboxylic acids is 1. The zero-order valence-corrected chi connectivity index (χ0v) is 13.4. The van der Waals surface area contributed by atoms with Gasteiger partial charge in [0.2, 0.25) is 0 Å². The molecule has 0 aliphatic rings. The molecule has 2 aromatic carbocycles. The van der Waals surface area contributed by atoms with Crippen molar-refractivity contribution < 1.29 is 14.3 Å². The zero-order valence-electron chi connectivity index (χ0n) is 13.4. The highest BCUT2D eigenvalue weighted by atomic mass is 16.5. The van der Waals surface area contributed by atoms with Crippen LogP contribution < -0.4 is 15.4 Å². The van der Waals surface area contributed by atoms with Crippen molar-refractivity contribution in [2.75, 3.05) is 20.8 Å². The molecule has 0 saturated heterocycles. The smallest absolute Gasteiger partial charge is 0.315 e. The van der Waals surface area contributed by atoms with Crippen LogP contribution in [0.15, 0.2) is 54.6 Å². The summed E-state index contributed by atoms with van der Waals surface area (Å²) in [5.41, 5.74) is 1.96. The number of amides is 2. The van der Waals surface area contributed by atoms with Gasteiger partial charge in [-0.1, -0.05) is 48.5 Å². The lowest BCUT2D eigenvalue weighted by Gasteiger charge is -2.19. The molecule has 0 heterocycles. The fourth-order valence-corrected chi connectivity index (χ4v) is 2.28. The number of hydrogen-bond acceptors (Lipinski definition) is 3. The lowest BCUT2D eigenvalue weighted by Crippen LogP contribution is -2.37.